The summed E-state index contributed by atoms with van der Waals surface area (Å²) in [4.78, 5) is 14.2. The van der Waals surface area contributed by atoms with Crippen LogP contribution in [-0.2, 0) is 11.2 Å². The fraction of sp³-hybridized carbons (Fsp3) is 0.316. The van der Waals surface area contributed by atoms with Gasteiger partial charge in [-0.25, -0.2) is 4.39 Å². The zero-order valence-electron chi connectivity index (χ0n) is 13.7. The van der Waals surface area contributed by atoms with Crippen LogP contribution in [-0.4, -0.2) is 19.5 Å². The van der Waals surface area contributed by atoms with Crippen LogP contribution >= 0.6 is 0 Å². The lowest BCUT2D eigenvalue weighted by Gasteiger charge is -2.19. The normalized spacial score (nSPS) is 10.4. The van der Waals surface area contributed by atoms with Crippen LogP contribution in [0.1, 0.15) is 25.3 Å². The minimum atomic E-state index is -0.351. The summed E-state index contributed by atoms with van der Waals surface area (Å²) in [6, 6.07) is 14.0. The van der Waals surface area contributed by atoms with E-state index < -0.39 is 0 Å². The van der Waals surface area contributed by atoms with Crippen molar-refractivity contribution in [3.63, 3.8) is 0 Å². The van der Waals surface area contributed by atoms with Gasteiger partial charge in [0.05, 0.1) is 6.42 Å². The third-order valence-corrected chi connectivity index (χ3v) is 3.75. The van der Waals surface area contributed by atoms with E-state index in [1.165, 1.54) is 6.07 Å². The molecule has 122 valence electrons. The maximum absolute atomic E-state index is 13.5. The number of hydrogen-bond donors (Lipinski definition) is 1. The molecule has 2 aromatic carbocycles. The molecule has 0 unspecified atom stereocenters. The SMILES string of the molecule is CCCCN(C)c1ccc(NC(=O)Cc2ccccc2F)cc1. The van der Waals surface area contributed by atoms with Gasteiger partial charge in [-0.1, -0.05) is 31.5 Å². The number of amides is 1. The molecule has 2 aromatic rings. The van der Waals surface area contributed by atoms with Crippen LogP contribution in [0.4, 0.5) is 15.8 Å². The van der Waals surface area contributed by atoms with Crippen LogP contribution in [0.3, 0.4) is 0 Å². The van der Waals surface area contributed by atoms with E-state index in [9.17, 15) is 9.18 Å². The van der Waals surface area contributed by atoms with E-state index in [-0.39, 0.29) is 18.1 Å². The fourth-order valence-corrected chi connectivity index (χ4v) is 2.34. The molecule has 0 aliphatic heterocycles. The predicted molar refractivity (Wildman–Crippen MR) is 93.4 cm³/mol. The zero-order valence-corrected chi connectivity index (χ0v) is 13.7. The number of carbonyl (C=O) groups excluding carboxylic acids is 1. The van der Waals surface area contributed by atoms with Gasteiger partial charge in [0, 0.05) is 25.0 Å². The molecule has 0 saturated heterocycles. The lowest BCUT2D eigenvalue weighted by molar-refractivity contribution is -0.115. The quantitative estimate of drug-likeness (QED) is 0.829. The van der Waals surface area contributed by atoms with Gasteiger partial charge in [0.2, 0.25) is 5.91 Å². The Kier molecular flexibility index (Phi) is 6.15. The number of nitrogens with one attached hydrogen (secondary N) is 1. The minimum Gasteiger partial charge on any atom is -0.375 e. The highest BCUT2D eigenvalue weighted by Gasteiger charge is 2.08. The van der Waals surface area contributed by atoms with E-state index in [2.05, 4.69) is 24.2 Å². The van der Waals surface area contributed by atoms with Crippen molar-refractivity contribution in [1.29, 1.82) is 0 Å². The van der Waals surface area contributed by atoms with Gasteiger partial charge in [0.25, 0.3) is 0 Å². The second-order valence-corrected chi connectivity index (χ2v) is 5.64. The third kappa shape index (κ3) is 5.09. The van der Waals surface area contributed by atoms with Crippen molar-refractivity contribution in [1.82, 2.24) is 0 Å². The second-order valence-electron chi connectivity index (χ2n) is 5.64. The summed E-state index contributed by atoms with van der Waals surface area (Å²) < 4.78 is 13.5. The first kappa shape index (κ1) is 17.0. The van der Waals surface area contributed by atoms with Crippen LogP contribution < -0.4 is 10.2 Å². The summed E-state index contributed by atoms with van der Waals surface area (Å²) in [5.74, 6) is -0.572. The molecule has 0 heterocycles. The van der Waals surface area contributed by atoms with E-state index in [1.54, 1.807) is 18.2 Å². The molecule has 0 saturated carbocycles. The number of anilines is 2. The van der Waals surface area contributed by atoms with Gasteiger partial charge in [-0.05, 0) is 42.3 Å². The van der Waals surface area contributed by atoms with E-state index in [4.69, 9.17) is 0 Å². The number of halogens is 1. The first-order valence-corrected chi connectivity index (χ1v) is 7.94. The van der Waals surface area contributed by atoms with Crippen LogP contribution in [0.2, 0.25) is 0 Å². The van der Waals surface area contributed by atoms with Crippen molar-refractivity contribution in [2.24, 2.45) is 0 Å². The molecule has 0 spiro atoms. The van der Waals surface area contributed by atoms with Crippen LogP contribution in [0, 0.1) is 5.82 Å². The molecule has 0 aliphatic rings. The van der Waals surface area contributed by atoms with E-state index >= 15 is 0 Å². The maximum Gasteiger partial charge on any atom is 0.228 e. The number of carbonyl (C=O) groups is 1. The van der Waals surface area contributed by atoms with Crippen LogP contribution in [0.5, 0.6) is 0 Å². The number of unbranched alkanes of at least 4 members (excludes halogenated alkanes) is 1. The fourth-order valence-electron chi connectivity index (χ4n) is 2.34. The Hall–Kier alpha value is -2.36. The number of hydrogen-bond acceptors (Lipinski definition) is 2. The average Bonchev–Trinajstić information content (AvgIpc) is 2.55. The topological polar surface area (TPSA) is 32.3 Å². The largest absolute Gasteiger partial charge is 0.375 e. The summed E-state index contributed by atoms with van der Waals surface area (Å²) in [5.41, 5.74) is 2.24. The van der Waals surface area contributed by atoms with Gasteiger partial charge < -0.3 is 10.2 Å². The Bertz CT molecular complexity index is 640. The molecule has 23 heavy (non-hydrogen) atoms. The number of rotatable bonds is 7. The minimum absolute atomic E-state index is 0.0326. The maximum atomic E-state index is 13.5. The summed E-state index contributed by atoms with van der Waals surface area (Å²) in [6.07, 6.45) is 2.34. The average molecular weight is 314 g/mol. The van der Waals surface area contributed by atoms with Crippen molar-refractivity contribution in [3.8, 4) is 0 Å². The Labute approximate surface area is 137 Å². The van der Waals surface area contributed by atoms with Gasteiger partial charge in [-0.2, -0.15) is 0 Å². The highest BCUT2D eigenvalue weighted by Crippen LogP contribution is 2.18. The summed E-state index contributed by atoms with van der Waals surface area (Å²) >= 11 is 0. The lowest BCUT2D eigenvalue weighted by Crippen LogP contribution is -2.18. The van der Waals surface area contributed by atoms with Crippen LogP contribution in [0.25, 0.3) is 0 Å². The van der Waals surface area contributed by atoms with Gasteiger partial charge in [0.15, 0.2) is 0 Å². The van der Waals surface area contributed by atoms with E-state index in [0.29, 0.717) is 5.56 Å². The summed E-state index contributed by atoms with van der Waals surface area (Å²) in [5, 5.41) is 2.80. The Balaban J connectivity index is 1.93. The molecule has 1 N–H and O–H groups in total. The molecule has 0 bridgehead atoms. The molecular formula is C19H23FN2O. The number of nitrogens with zero attached hydrogens (tertiary/aromatic N) is 1. The summed E-state index contributed by atoms with van der Waals surface area (Å²) in [7, 11) is 2.06. The van der Waals surface area contributed by atoms with Crippen molar-refractivity contribution < 1.29 is 9.18 Å². The Morgan fingerprint density at radius 3 is 2.48 bits per heavy atom. The highest BCUT2D eigenvalue weighted by atomic mass is 19.1. The molecule has 0 atom stereocenters. The zero-order chi connectivity index (χ0) is 16.7. The second kappa shape index (κ2) is 8.32. The number of benzene rings is 2. The third-order valence-electron chi connectivity index (χ3n) is 3.75. The summed E-state index contributed by atoms with van der Waals surface area (Å²) in [6.45, 7) is 3.18. The first-order chi connectivity index (χ1) is 11.1. The smallest absolute Gasteiger partial charge is 0.228 e. The molecule has 0 aromatic heterocycles. The van der Waals surface area contributed by atoms with Crippen molar-refractivity contribution in [3.05, 3.63) is 59.9 Å². The Morgan fingerprint density at radius 2 is 1.83 bits per heavy atom. The van der Waals surface area contributed by atoms with Gasteiger partial charge >= 0.3 is 0 Å². The van der Waals surface area contributed by atoms with Crippen molar-refractivity contribution >= 4 is 17.3 Å². The predicted octanol–water partition coefficient (Wildman–Crippen LogP) is 4.24. The molecule has 3 nitrogen and oxygen atoms in total. The van der Waals surface area contributed by atoms with E-state index in [1.807, 2.05) is 24.3 Å². The standard InChI is InChI=1S/C19H23FN2O/c1-3-4-13-22(2)17-11-9-16(10-12-17)21-19(23)14-15-7-5-6-8-18(15)20/h5-12H,3-4,13-14H2,1-2H3,(H,21,23). The van der Waals surface area contributed by atoms with Gasteiger partial charge in [-0.15, -0.1) is 0 Å². The van der Waals surface area contributed by atoms with Gasteiger partial charge in [0.1, 0.15) is 5.82 Å². The molecule has 2 rings (SSSR count). The molecular weight excluding hydrogens is 291 g/mol. The first-order valence-electron chi connectivity index (χ1n) is 7.94. The molecule has 1 amide bonds. The molecule has 0 fully saturated rings. The molecule has 0 aliphatic carbocycles. The van der Waals surface area contributed by atoms with E-state index in [0.717, 1.165) is 30.8 Å². The highest BCUT2D eigenvalue weighted by molar-refractivity contribution is 5.92. The van der Waals surface area contributed by atoms with Crippen molar-refractivity contribution in [2.45, 2.75) is 26.2 Å². The van der Waals surface area contributed by atoms with Crippen LogP contribution in [0.15, 0.2) is 48.5 Å². The molecule has 4 heteroatoms. The Morgan fingerprint density at radius 1 is 1.13 bits per heavy atom. The monoisotopic (exact) mass is 314 g/mol. The van der Waals surface area contributed by atoms with Gasteiger partial charge in [-0.3, -0.25) is 4.79 Å². The lowest BCUT2D eigenvalue weighted by atomic mass is 10.1. The van der Waals surface area contributed by atoms with Crippen molar-refractivity contribution in [2.75, 3.05) is 23.8 Å². The molecule has 0 radical (unpaired) electrons.